The van der Waals surface area contributed by atoms with Crippen molar-refractivity contribution in [1.82, 2.24) is 0 Å². The molecule has 0 aromatic rings. The molecule has 0 saturated heterocycles. The van der Waals surface area contributed by atoms with Gasteiger partial charge in [0.2, 0.25) is 0 Å². The van der Waals surface area contributed by atoms with Crippen LogP contribution in [0.4, 0.5) is 0 Å². The Hall–Kier alpha value is -1.44. The predicted molar refractivity (Wildman–Crippen MR) is 231 cm³/mol. The fraction of sp³-hybridized carbons (Fsp3) is 0.848. The van der Waals surface area contributed by atoms with Crippen molar-refractivity contribution in [2.75, 3.05) is 47.5 Å². The lowest BCUT2D eigenvalue weighted by atomic mass is 10.1. The molecule has 0 aromatic carbocycles. The lowest BCUT2D eigenvalue weighted by molar-refractivity contribution is -0.870. The van der Waals surface area contributed by atoms with Gasteiger partial charge in [-0.05, 0) is 76.7 Å². The first-order valence-electron chi connectivity index (χ1n) is 22.8. The maximum absolute atomic E-state index is 12.5. The number of quaternary nitrogens is 1. The van der Waals surface area contributed by atoms with Gasteiger partial charge < -0.3 is 27.9 Å². The van der Waals surface area contributed by atoms with Crippen LogP contribution in [0.3, 0.4) is 0 Å². The number of carbonyl (C=O) groups excluding carboxylic acids is 1. The Bertz CT molecular complexity index is 978. The monoisotopic (exact) mass is 798 g/mol. The highest BCUT2D eigenvalue weighted by Crippen LogP contribution is 2.38. The van der Waals surface area contributed by atoms with E-state index in [1.54, 1.807) is 6.26 Å². The molecule has 0 amide bonds. The van der Waals surface area contributed by atoms with Gasteiger partial charge >= 0.3 is 5.97 Å². The first kappa shape index (κ1) is 53.6. The molecule has 0 radical (unpaired) electrons. The zero-order valence-corrected chi connectivity index (χ0v) is 37.5. The van der Waals surface area contributed by atoms with Gasteiger partial charge in [-0.2, -0.15) is 0 Å². The van der Waals surface area contributed by atoms with Gasteiger partial charge in [-0.1, -0.05) is 147 Å². The van der Waals surface area contributed by atoms with Crippen LogP contribution >= 0.6 is 7.82 Å². The second kappa shape index (κ2) is 39.4. The second-order valence-electron chi connectivity index (χ2n) is 16.5. The van der Waals surface area contributed by atoms with Gasteiger partial charge in [0, 0.05) is 6.42 Å². The number of ether oxygens (including phenoxy) is 2. The number of hydrogen-bond acceptors (Lipinski definition) is 7. The average molecular weight is 798 g/mol. The van der Waals surface area contributed by atoms with Gasteiger partial charge in [-0.25, -0.2) is 0 Å². The van der Waals surface area contributed by atoms with Crippen molar-refractivity contribution in [3.63, 3.8) is 0 Å². The molecular weight excluding hydrogens is 709 g/mol. The number of carbonyl (C=O) groups is 1. The summed E-state index contributed by atoms with van der Waals surface area (Å²) < 4.78 is 34.4. The Morgan fingerprint density at radius 3 is 1.40 bits per heavy atom. The zero-order valence-electron chi connectivity index (χ0n) is 36.6. The van der Waals surface area contributed by atoms with Gasteiger partial charge in [-0.15, -0.1) is 0 Å². The standard InChI is InChI=1S/C46H88NO7P/c1-6-8-10-12-14-16-18-20-22-24-25-27-29-31-33-35-37-39-46(48)52-43-45(44-54-55(49,50)53-42-40-47(3,4)5)51-41-38-36-34-32-30-28-26-23-21-19-17-15-13-11-9-7-2/h20-23,38,41,45H,6-19,24-37,39-40,42-44H2,1-5H3/b22-20-,23-21-,41-38-. The number of esters is 1. The predicted octanol–water partition coefficient (Wildman–Crippen LogP) is 13.1. The largest absolute Gasteiger partial charge is 0.756 e. The van der Waals surface area contributed by atoms with Crippen molar-refractivity contribution >= 4 is 13.8 Å². The molecule has 0 aliphatic rings. The third-order valence-corrected chi connectivity index (χ3v) is 10.7. The Labute approximate surface area is 340 Å². The molecule has 0 N–H and O–H groups in total. The van der Waals surface area contributed by atoms with E-state index in [2.05, 4.69) is 38.2 Å². The molecule has 2 unspecified atom stereocenters. The van der Waals surface area contributed by atoms with Crippen molar-refractivity contribution in [2.45, 2.75) is 206 Å². The molecule has 0 bridgehead atoms. The lowest BCUT2D eigenvalue weighted by Crippen LogP contribution is -2.37. The molecule has 0 spiro atoms. The molecular formula is C46H88NO7P. The first-order valence-corrected chi connectivity index (χ1v) is 24.2. The Morgan fingerprint density at radius 1 is 0.564 bits per heavy atom. The van der Waals surface area contributed by atoms with Gasteiger partial charge in [0.25, 0.3) is 7.82 Å². The van der Waals surface area contributed by atoms with Gasteiger partial charge in [-0.3, -0.25) is 9.36 Å². The molecule has 55 heavy (non-hydrogen) atoms. The lowest BCUT2D eigenvalue weighted by Gasteiger charge is -2.28. The summed E-state index contributed by atoms with van der Waals surface area (Å²) in [6, 6.07) is 0. The van der Waals surface area contributed by atoms with Gasteiger partial charge in [0.1, 0.15) is 19.8 Å². The van der Waals surface area contributed by atoms with Crippen LogP contribution in [0.25, 0.3) is 0 Å². The van der Waals surface area contributed by atoms with Crippen molar-refractivity contribution < 1.29 is 37.3 Å². The maximum Gasteiger partial charge on any atom is 0.305 e. The van der Waals surface area contributed by atoms with E-state index in [0.717, 1.165) is 44.9 Å². The molecule has 0 rings (SSSR count). The summed E-state index contributed by atoms with van der Waals surface area (Å²) in [6.07, 6.45) is 46.8. The minimum Gasteiger partial charge on any atom is -0.756 e. The Morgan fingerprint density at radius 2 is 0.964 bits per heavy atom. The van der Waals surface area contributed by atoms with E-state index in [4.69, 9.17) is 18.5 Å². The van der Waals surface area contributed by atoms with Crippen molar-refractivity contribution in [3.05, 3.63) is 36.6 Å². The molecule has 0 heterocycles. The highest BCUT2D eigenvalue weighted by atomic mass is 31.2. The van der Waals surface area contributed by atoms with E-state index >= 15 is 0 Å². The summed E-state index contributed by atoms with van der Waals surface area (Å²) in [7, 11) is 1.35. The third-order valence-electron chi connectivity index (χ3n) is 9.75. The quantitative estimate of drug-likeness (QED) is 0.0152. The Kier molecular flexibility index (Phi) is 38.4. The van der Waals surface area contributed by atoms with Gasteiger partial charge in [0.15, 0.2) is 6.10 Å². The number of phosphoric ester groups is 1. The van der Waals surface area contributed by atoms with E-state index in [-0.39, 0.29) is 25.8 Å². The van der Waals surface area contributed by atoms with Crippen LogP contribution in [0.2, 0.25) is 0 Å². The number of phosphoric acid groups is 1. The van der Waals surface area contributed by atoms with E-state index in [0.29, 0.717) is 17.4 Å². The number of rotatable bonds is 42. The second-order valence-corrected chi connectivity index (χ2v) is 17.9. The van der Waals surface area contributed by atoms with Crippen LogP contribution in [-0.2, 0) is 27.9 Å². The number of hydrogen-bond donors (Lipinski definition) is 0. The zero-order chi connectivity index (χ0) is 40.6. The third kappa shape index (κ3) is 43.5. The summed E-state index contributed by atoms with van der Waals surface area (Å²) >= 11 is 0. The smallest absolute Gasteiger partial charge is 0.305 e. The summed E-state index contributed by atoms with van der Waals surface area (Å²) in [5.74, 6) is -0.299. The van der Waals surface area contributed by atoms with Gasteiger partial charge in [0.05, 0.1) is 34.0 Å². The van der Waals surface area contributed by atoms with Crippen LogP contribution in [0.5, 0.6) is 0 Å². The normalized spacial score (nSPS) is 14.0. The molecule has 0 aliphatic carbocycles. The maximum atomic E-state index is 12.5. The highest BCUT2D eigenvalue weighted by molar-refractivity contribution is 7.45. The fourth-order valence-electron chi connectivity index (χ4n) is 6.11. The van der Waals surface area contributed by atoms with E-state index in [1.807, 2.05) is 27.2 Å². The molecule has 0 saturated carbocycles. The van der Waals surface area contributed by atoms with Crippen LogP contribution in [0.1, 0.15) is 200 Å². The van der Waals surface area contributed by atoms with Crippen LogP contribution in [0, 0.1) is 0 Å². The number of likely N-dealkylation sites (N-methyl/N-ethyl adjacent to an activating group) is 1. The molecule has 9 heteroatoms. The summed E-state index contributed by atoms with van der Waals surface area (Å²) in [6.45, 7) is 4.70. The number of nitrogens with zero attached hydrogens (tertiary/aromatic N) is 1. The van der Waals surface area contributed by atoms with Crippen LogP contribution < -0.4 is 4.89 Å². The minimum atomic E-state index is -4.52. The number of allylic oxidation sites excluding steroid dienone is 5. The van der Waals surface area contributed by atoms with E-state index in [1.165, 1.54) is 135 Å². The minimum absolute atomic E-state index is 0.0247. The summed E-state index contributed by atoms with van der Waals surface area (Å²) in [5, 5.41) is 0. The molecule has 0 fully saturated rings. The topological polar surface area (TPSA) is 94.1 Å². The Balaban J connectivity index is 4.28. The van der Waals surface area contributed by atoms with Crippen molar-refractivity contribution in [2.24, 2.45) is 0 Å². The molecule has 324 valence electrons. The number of unbranched alkanes of at least 4 members (excludes halogenated alkanes) is 24. The van der Waals surface area contributed by atoms with E-state index < -0.39 is 13.9 Å². The first-order chi connectivity index (χ1) is 26.6. The molecule has 8 nitrogen and oxygen atoms in total. The summed E-state index contributed by atoms with van der Waals surface area (Å²) in [5.41, 5.74) is 0. The fourth-order valence-corrected chi connectivity index (χ4v) is 6.84. The molecule has 0 aliphatic heterocycles. The summed E-state index contributed by atoms with van der Waals surface area (Å²) in [4.78, 5) is 24.9. The van der Waals surface area contributed by atoms with E-state index in [9.17, 15) is 14.3 Å². The average Bonchev–Trinajstić information content (AvgIpc) is 3.14. The highest BCUT2D eigenvalue weighted by Gasteiger charge is 2.19. The molecule has 2 atom stereocenters. The van der Waals surface area contributed by atoms with Crippen molar-refractivity contribution in [1.29, 1.82) is 0 Å². The van der Waals surface area contributed by atoms with Crippen LogP contribution in [0.15, 0.2) is 36.6 Å². The van der Waals surface area contributed by atoms with Crippen LogP contribution in [-0.4, -0.2) is 64.1 Å². The molecule has 0 aromatic heterocycles. The van der Waals surface area contributed by atoms with Crippen molar-refractivity contribution in [3.8, 4) is 0 Å². The SMILES string of the molecule is CCCCCCCC/C=C\CCCCCC/C=C\OC(COC(=O)CCCCCCCCC/C=C\CCCCCCCC)COP(=O)([O-])OCC[N+](C)(C)C.